The minimum absolute atomic E-state index is 0.0469. The average Bonchev–Trinajstić information content (AvgIpc) is 2.79. The molecule has 0 saturated carbocycles. The van der Waals surface area contributed by atoms with Crippen LogP contribution in [0, 0.1) is 6.92 Å². The summed E-state index contributed by atoms with van der Waals surface area (Å²) in [6.07, 6.45) is -1.88. The maximum atomic E-state index is 13.1. The number of alkyl halides is 3. The molecule has 0 spiro atoms. The molecule has 1 aromatic heterocycles. The molecule has 0 aliphatic carbocycles. The van der Waals surface area contributed by atoms with Crippen LogP contribution >= 0.6 is 0 Å². The van der Waals surface area contributed by atoms with Gasteiger partial charge in [-0.1, -0.05) is 39.8 Å². The van der Waals surface area contributed by atoms with Crippen molar-refractivity contribution in [1.82, 2.24) is 9.48 Å². The Morgan fingerprint density at radius 3 is 2.57 bits per heavy atom. The summed E-state index contributed by atoms with van der Waals surface area (Å²) in [4.78, 5) is 17.7. The zero-order chi connectivity index (χ0) is 19.9. The maximum absolute atomic E-state index is 13.1. The Balaban J connectivity index is 1.74. The van der Waals surface area contributed by atoms with Gasteiger partial charge < -0.3 is 4.90 Å². The van der Waals surface area contributed by atoms with E-state index in [4.69, 9.17) is 4.63 Å². The Hall–Kier alpha value is -3.49. The van der Waals surface area contributed by atoms with Crippen LogP contribution in [0.3, 0.4) is 0 Å². The van der Waals surface area contributed by atoms with E-state index in [1.165, 1.54) is 6.21 Å². The van der Waals surface area contributed by atoms with E-state index in [0.717, 1.165) is 26.1 Å². The van der Waals surface area contributed by atoms with Crippen LogP contribution in [0.15, 0.2) is 69.1 Å². The molecular formula is C19H15F3N4O2. The second-order valence-corrected chi connectivity index (χ2v) is 6.34. The average molecular weight is 388 g/mol. The lowest BCUT2D eigenvalue weighted by Crippen LogP contribution is -2.37. The number of fused-ring (bicyclic) bond motifs is 1. The van der Waals surface area contributed by atoms with Crippen LogP contribution in [0.5, 0.6) is 0 Å². The first kappa shape index (κ1) is 17.9. The second-order valence-electron chi connectivity index (χ2n) is 6.34. The third-order valence-corrected chi connectivity index (χ3v) is 4.16. The zero-order valence-electron chi connectivity index (χ0n) is 14.7. The summed E-state index contributed by atoms with van der Waals surface area (Å²) < 4.78 is 46.5. The van der Waals surface area contributed by atoms with Crippen molar-refractivity contribution in [3.8, 4) is 5.69 Å². The Morgan fingerprint density at radius 2 is 1.86 bits per heavy atom. The third-order valence-electron chi connectivity index (χ3n) is 4.16. The fourth-order valence-corrected chi connectivity index (χ4v) is 2.92. The van der Waals surface area contributed by atoms with Crippen molar-refractivity contribution in [2.75, 3.05) is 11.4 Å². The minimum atomic E-state index is -4.44. The van der Waals surface area contributed by atoms with Gasteiger partial charge in [0.25, 0.3) is 0 Å². The number of aliphatic imine (C=N–C) groups is 1. The summed E-state index contributed by atoms with van der Waals surface area (Å²) in [7, 11) is 0. The van der Waals surface area contributed by atoms with Crippen molar-refractivity contribution >= 4 is 17.7 Å². The van der Waals surface area contributed by atoms with Crippen molar-refractivity contribution in [3.63, 3.8) is 0 Å². The topological polar surface area (TPSA) is 55.7 Å². The molecule has 6 nitrogen and oxygen atoms in total. The van der Waals surface area contributed by atoms with Gasteiger partial charge >= 0.3 is 11.9 Å². The Kier molecular flexibility index (Phi) is 4.21. The first-order valence-electron chi connectivity index (χ1n) is 8.39. The summed E-state index contributed by atoms with van der Waals surface area (Å²) >= 11 is 0. The number of hydrogen-bond acceptors (Lipinski definition) is 4. The number of aromatic nitrogens is 2. The predicted octanol–water partition coefficient (Wildman–Crippen LogP) is 3.80. The molecule has 1 aliphatic heterocycles. The highest BCUT2D eigenvalue weighted by Crippen LogP contribution is 2.28. The van der Waals surface area contributed by atoms with E-state index in [0.29, 0.717) is 16.9 Å². The molecule has 9 heteroatoms. The maximum Gasteiger partial charge on any atom is 0.406 e. The molecule has 4 rings (SSSR count). The first-order chi connectivity index (χ1) is 13.3. The molecule has 0 N–H and O–H groups in total. The fraction of sp³-hybridized carbons (Fsp3) is 0.158. The second kappa shape index (κ2) is 6.59. The standard InChI is InChI=1S/C19H15F3N4O2/c1-13-5-4-7-15(9-13)25-18(27)26(28-25)17-11-24(12-19(20,21)22)16-8-3-2-6-14(16)10-23-17/h2-11H,12H2,1H3. The molecule has 0 fully saturated rings. The van der Waals surface area contributed by atoms with E-state index >= 15 is 0 Å². The molecule has 0 unspecified atom stereocenters. The third kappa shape index (κ3) is 3.38. The van der Waals surface area contributed by atoms with E-state index in [-0.39, 0.29) is 5.82 Å². The van der Waals surface area contributed by atoms with E-state index < -0.39 is 18.4 Å². The predicted molar refractivity (Wildman–Crippen MR) is 98.7 cm³/mol. The monoisotopic (exact) mass is 388 g/mol. The molecule has 0 radical (unpaired) electrons. The molecule has 0 atom stereocenters. The highest BCUT2D eigenvalue weighted by Gasteiger charge is 2.32. The SMILES string of the molecule is Cc1cccc(-n2on(C3=CN(CC(F)(F)F)c4ccccc4C=N3)c2=O)c1. The van der Waals surface area contributed by atoms with Crippen molar-refractivity contribution in [2.45, 2.75) is 13.1 Å². The number of hydrogen-bond donors (Lipinski definition) is 0. The molecule has 0 saturated heterocycles. The fourth-order valence-electron chi connectivity index (χ4n) is 2.92. The van der Waals surface area contributed by atoms with Crippen LogP contribution < -0.4 is 10.6 Å². The van der Waals surface area contributed by atoms with Gasteiger partial charge in [0.2, 0.25) is 0 Å². The zero-order valence-corrected chi connectivity index (χ0v) is 14.7. The highest BCUT2D eigenvalue weighted by atomic mass is 19.4. The van der Waals surface area contributed by atoms with E-state index in [1.54, 1.807) is 42.5 Å². The van der Waals surface area contributed by atoms with Gasteiger partial charge in [0.05, 0.1) is 11.9 Å². The van der Waals surface area contributed by atoms with Crippen LogP contribution in [-0.2, 0) is 0 Å². The highest BCUT2D eigenvalue weighted by molar-refractivity contribution is 5.92. The van der Waals surface area contributed by atoms with Gasteiger partial charge in [-0.2, -0.15) is 13.2 Å². The summed E-state index contributed by atoms with van der Waals surface area (Å²) in [6, 6.07) is 13.6. The molecule has 1 aliphatic rings. The Bertz CT molecular complexity index is 1130. The van der Waals surface area contributed by atoms with Crippen LogP contribution in [0.25, 0.3) is 11.5 Å². The van der Waals surface area contributed by atoms with E-state index in [1.807, 2.05) is 13.0 Å². The lowest BCUT2D eigenvalue weighted by molar-refractivity contribution is -0.118. The molecule has 144 valence electrons. The lowest BCUT2D eigenvalue weighted by atomic mass is 10.2. The Labute approximate surface area is 157 Å². The summed E-state index contributed by atoms with van der Waals surface area (Å²) in [5.74, 6) is -0.0469. The normalized spacial score (nSPS) is 14.0. The number of benzene rings is 2. The first-order valence-corrected chi connectivity index (χ1v) is 8.39. The smallest absolute Gasteiger partial charge is 0.335 e. The molecule has 0 bridgehead atoms. The molecule has 3 aromatic rings. The van der Waals surface area contributed by atoms with Gasteiger partial charge in [0, 0.05) is 17.5 Å². The quantitative estimate of drug-likeness (QED) is 0.686. The molecule has 0 amide bonds. The molecular weight excluding hydrogens is 373 g/mol. The van der Waals surface area contributed by atoms with Gasteiger partial charge in [0.15, 0.2) is 5.82 Å². The van der Waals surface area contributed by atoms with Gasteiger partial charge in [-0.3, -0.25) is 4.63 Å². The number of halogens is 3. The number of nitrogens with zero attached hydrogens (tertiary/aromatic N) is 4. The van der Waals surface area contributed by atoms with E-state index in [2.05, 4.69) is 4.99 Å². The number of anilines is 1. The van der Waals surface area contributed by atoms with Crippen molar-refractivity contribution in [3.05, 3.63) is 76.3 Å². The number of rotatable bonds is 3. The minimum Gasteiger partial charge on any atom is -0.335 e. The van der Waals surface area contributed by atoms with Crippen molar-refractivity contribution < 1.29 is 17.8 Å². The van der Waals surface area contributed by atoms with Crippen LogP contribution in [0.1, 0.15) is 11.1 Å². The summed E-state index contributed by atoms with van der Waals surface area (Å²) in [5.41, 5.74) is 1.75. The van der Waals surface area contributed by atoms with Crippen molar-refractivity contribution in [1.29, 1.82) is 0 Å². The molecule has 2 heterocycles. The van der Waals surface area contributed by atoms with Crippen molar-refractivity contribution in [2.24, 2.45) is 4.99 Å². The van der Waals surface area contributed by atoms with Crippen LogP contribution in [-0.4, -0.2) is 28.4 Å². The van der Waals surface area contributed by atoms with Gasteiger partial charge in [-0.05, 0) is 30.7 Å². The largest absolute Gasteiger partial charge is 0.406 e. The van der Waals surface area contributed by atoms with Gasteiger partial charge in [0.1, 0.15) is 6.54 Å². The van der Waals surface area contributed by atoms with E-state index in [9.17, 15) is 18.0 Å². The molecule has 2 aromatic carbocycles. The lowest BCUT2D eigenvalue weighted by Gasteiger charge is -2.23. The summed E-state index contributed by atoms with van der Waals surface area (Å²) in [6.45, 7) is 0.649. The van der Waals surface area contributed by atoms with Gasteiger partial charge in [-0.15, -0.1) is 0 Å². The summed E-state index contributed by atoms with van der Waals surface area (Å²) in [5, 5.41) is 0. The number of aryl methyl sites for hydroxylation is 1. The molecule has 28 heavy (non-hydrogen) atoms. The Morgan fingerprint density at radius 1 is 1.07 bits per heavy atom. The van der Waals surface area contributed by atoms with Crippen LogP contribution in [0.2, 0.25) is 0 Å². The van der Waals surface area contributed by atoms with Crippen LogP contribution in [0.4, 0.5) is 18.9 Å². The number of para-hydroxylation sites is 1. The van der Waals surface area contributed by atoms with Gasteiger partial charge in [-0.25, -0.2) is 9.79 Å².